The highest BCUT2D eigenvalue weighted by Crippen LogP contribution is 2.34. The molecule has 3 aromatic carbocycles. The minimum absolute atomic E-state index is 0.0338. The van der Waals surface area contributed by atoms with Crippen LogP contribution in [0.25, 0.3) is 0 Å². The minimum atomic E-state index is -0.439. The Morgan fingerprint density at radius 2 is 1.83 bits per heavy atom. The number of rotatable bonds is 9. The van der Waals surface area contributed by atoms with Crippen molar-refractivity contribution in [2.24, 2.45) is 5.10 Å². The van der Waals surface area contributed by atoms with E-state index in [9.17, 15) is 10.1 Å². The van der Waals surface area contributed by atoms with Crippen LogP contribution in [0.2, 0.25) is 0 Å². The van der Waals surface area contributed by atoms with Crippen LogP contribution in [0, 0.1) is 13.7 Å². The molecule has 8 heteroatoms. The molecule has 7 nitrogen and oxygen atoms in total. The van der Waals surface area contributed by atoms with E-state index in [1.54, 1.807) is 18.3 Å². The number of non-ortho nitro benzene ring substituents is 1. The molecule has 154 valence electrons. The van der Waals surface area contributed by atoms with Crippen LogP contribution >= 0.6 is 22.6 Å². The zero-order valence-corrected chi connectivity index (χ0v) is 18.4. The van der Waals surface area contributed by atoms with E-state index in [2.05, 4.69) is 33.1 Å². The zero-order valence-electron chi connectivity index (χ0n) is 16.2. The Morgan fingerprint density at radius 3 is 2.50 bits per heavy atom. The molecule has 0 radical (unpaired) electrons. The lowest BCUT2D eigenvalue weighted by Gasteiger charge is -2.14. The Labute approximate surface area is 188 Å². The molecule has 3 rings (SSSR count). The highest BCUT2D eigenvalue weighted by Gasteiger charge is 2.12. The fourth-order valence-electron chi connectivity index (χ4n) is 2.63. The second-order valence-corrected chi connectivity index (χ2v) is 7.37. The summed E-state index contributed by atoms with van der Waals surface area (Å²) >= 11 is 2.22. The molecule has 30 heavy (non-hydrogen) atoms. The number of nitrogens with one attached hydrogen (secondary N) is 1. The average molecular weight is 517 g/mol. The Hall–Kier alpha value is -3.14. The number of anilines is 1. The maximum Gasteiger partial charge on any atom is 0.269 e. The van der Waals surface area contributed by atoms with Gasteiger partial charge >= 0.3 is 0 Å². The Morgan fingerprint density at radius 1 is 1.10 bits per heavy atom. The largest absolute Gasteiger partial charge is 0.490 e. The number of hydrogen-bond acceptors (Lipinski definition) is 6. The second-order valence-electron chi connectivity index (χ2n) is 6.21. The third kappa shape index (κ3) is 5.93. The van der Waals surface area contributed by atoms with Crippen LogP contribution in [-0.4, -0.2) is 17.7 Å². The maximum absolute atomic E-state index is 10.7. The molecule has 0 aromatic heterocycles. The summed E-state index contributed by atoms with van der Waals surface area (Å²) in [5.41, 5.74) is 5.46. The smallest absolute Gasteiger partial charge is 0.269 e. The molecule has 0 heterocycles. The third-order valence-corrected chi connectivity index (χ3v) is 4.84. The van der Waals surface area contributed by atoms with Crippen molar-refractivity contribution >= 4 is 40.2 Å². The van der Waals surface area contributed by atoms with Crippen LogP contribution in [0.1, 0.15) is 18.1 Å². The van der Waals surface area contributed by atoms with Crippen LogP contribution in [0.5, 0.6) is 11.5 Å². The van der Waals surface area contributed by atoms with Crippen LogP contribution in [0.4, 0.5) is 11.4 Å². The highest BCUT2D eigenvalue weighted by molar-refractivity contribution is 14.1. The number of hydrogen-bond donors (Lipinski definition) is 1. The first-order valence-corrected chi connectivity index (χ1v) is 10.3. The molecule has 0 atom stereocenters. The minimum Gasteiger partial charge on any atom is -0.490 e. The van der Waals surface area contributed by atoms with E-state index in [-0.39, 0.29) is 5.69 Å². The molecule has 1 N–H and O–H groups in total. The Balaban J connectivity index is 1.71. The summed E-state index contributed by atoms with van der Waals surface area (Å²) in [5, 5.41) is 14.9. The van der Waals surface area contributed by atoms with E-state index in [1.807, 2.05) is 49.4 Å². The highest BCUT2D eigenvalue weighted by atomic mass is 127. The molecular weight excluding hydrogens is 497 g/mol. The molecule has 0 saturated heterocycles. The first kappa shape index (κ1) is 21.6. The van der Waals surface area contributed by atoms with Gasteiger partial charge in [-0.1, -0.05) is 30.3 Å². The lowest BCUT2D eigenvalue weighted by Crippen LogP contribution is -2.02. The van der Waals surface area contributed by atoms with Gasteiger partial charge in [0.25, 0.3) is 5.69 Å². The van der Waals surface area contributed by atoms with Gasteiger partial charge in [-0.3, -0.25) is 15.5 Å². The van der Waals surface area contributed by atoms with Gasteiger partial charge in [-0.15, -0.1) is 0 Å². The molecule has 0 aliphatic heterocycles. The molecule has 3 aromatic rings. The number of benzene rings is 3. The molecular formula is C22H20IN3O4. The van der Waals surface area contributed by atoms with Gasteiger partial charge in [0.15, 0.2) is 11.5 Å². The number of hydrazone groups is 1. The van der Waals surface area contributed by atoms with Crippen LogP contribution < -0.4 is 14.9 Å². The summed E-state index contributed by atoms with van der Waals surface area (Å²) in [6.45, 7) is 2.89. The number of nitro benzene ring substituents is 1. The summed E-state index contributed by atoms with van der Waals surface area (Å²) in [5.74, 6) is 1.35. The molecule has 0 aliphatic rings. The van der Waals surface area contributed by atoms with Crippen molar-refractivity contribution < 1.29 is 14.4 Å². The number of nitrogens with zero attached hydrogens (tertiary/aromatic N) is 2. The first-order chi connectivity index (χ1) is 14.6. The van der Waals surface area contributed by atoms with E-state index >= 15 is 0 Å². The average Bonchev–Trinajstić information content (AvgIpc) is 2.74. The number of halogens is 1. The SMILES string of the molecule is CCOc1cc(C=NNc2ccc([N+](=O)[O-])cc2)cc(I)c1OCc1ccccc1. The second kappa shape index (κ2) is 10.6. The van der Waals surface area contributed by atoms with Crippen molar-refractivity contribution in [1.82, 2.24) is 0 Å². The first-order valence-electron chi connectivity index (χ1n) is 9.23. The van der Waals surface area contributed by atoms with Crippen LogP contribution in [0.15, 0.2) is 71.8 Å². The molecule has 0 unspecified atom stereocenters. The lowest BCUT2D eigenvalue weighted by atomic mass is 10.2. The molecule has 0 aliphatic carbocycles. The molecule has 0 amide bonds. The zero-order chi connectivity index (χ0) is 21.3. The van der Waals surface area contributed by atoms with E-state index in [0.29, 0.717) is 30.4 Å². The van der Waals surface area contributed by atoms with E-state index in [4.69, 9.17) is 9.47 Å². The van der Waals surface area contributed by atoms with Crippen LogP contribution in [0.3, 0.4) is 0 Å². The van der Waals surface area contributed by atoms with Crippen molar-refractivity contribution in [2.75, 3.05) is 12.0 Å². The molecule has 0 fully saturated rings. The van der Waals surface area contributed by atoms with Gasteiger partial charge in [0.2, 0.25) is 0 Å². The quantitative estimate of drug-likeness (QED) is 0.172. The van der Waals surface area contributed by atoms with Gasteiger partial charge in [-0.25, -0.2) is 0 Å². The van der Waals surface area contributed by atoms with E-state index < -0.39 is 4.92 Å². The van der Waals surface area contributed by atoms with Crippen molar-refractivity contribution in [3.05, 3.63) is 91.5 Å². The standard InChI is InChI=1S/C22H20IN3O4/c1-2-29-21-13-17(14-24-25-18-8-10-19(11-9-18)26(27)28)12-20(23)22(21)30-15-16-6-4-3-5-7-16/h3-14,25H,2,15H2,1H3. The van der Waals surface area contributed by atoms with Gasteiger partial charge in [-0.2, -0.15) is 5.10 Å². The summed E-state index contributed by atoms with van der Waals surface area (Å²) < 4.78 is 12.7. The van der Waals surface area contributed by atoms with Crippen molar-refractivity contribution in [1.29, 1.82) is 0 Å². The Kier molecular flexibility index (Phi) is 7.61. The molecule has 0 bridgehead atoms. The maximum atomic E-state index is 10.7. The van der Waals surface area contributed by atoms with Gasteiger partial charge in [0.1, 0.15) is 6.61 Å². The van der Waals surface area contributed by atoms with E-state index in [1.165, 1.54) is 12.1 Å². The summed E-state index contributed by atoms with van der Waals surface area (Å²) in [6.07, 6.45) is 1.66. The molecule has 0 saturated carbocycles. The topological polar surface area (TPSA) is 86.0 Å². The van der Waals surface area contributed by atoms with Crippen molar-refractivity contribution in [2.45, 2.75) is 13.5 Å². The van der Waals surface area contributed by atoms with Gasteiger partial charge in [-0.05, 0) is 64.9 Å². The normalized spacial score (nSPS) is 10.7. The summed E-state index contributed by atoms with van der Waals surface area (Å²) in [6, 6.07) is 19.8. The van der Waals surface area contributed by atoms with Crippen molar-refractivity contribution in [3.8, 4) is 11.5 Å². The number of nitro groups is 1. The fourth-order valence-corrected chi connectivity index (χ4v) is 3.42. The van der Waals surface area contributed by atoms with E-state index in [0.717, 1.165) is 14.7 Å². The van der Waals surface area contributed by atoms with Crippen molar-refractivity contribution in [3.63, 3.8) is 0 Å². The van der Waals surface area contributed by atoms with Gasteiger partial charge < -0.3 is 9.47 Å². The predicted molar refractivity (Wildman–Crippen MR) is 125 cm³/mol. The predicted octanol–water partition coefficient (Wildman–Crippen LogP) is 5.62. The van der Waals surface area contributed by atoms with Gasteiger partial charge in [0.05, 0.1) is 27.0 Å². The Bertz CT molecular complexity index is 1020. The fraction of sp³-hybridized carbons (Fsp3) is 0.136. The van der Waals surface area contributed by atoms with Gasteiger partial charge in [0, 0.05) is 12.1 Å². The van der Waals surface area contributed by atoms with Crippen LogP contribution in [-0.2, 0) is 6.61 Å². The summed E-state index contributed by atoms with van der Waals surface area (Å²) in [4.78, 5) is 10.3. The summed E-state index contributed by atoms with van der Waals surface area (Å²) in [7, 11) is 0. The monoisotopic (exact) mass is 517 g/mol. The molecule has 0 spiro atoms. The lowest BCUT2D eigenvalue weighted by molar-refractivity contribution is -0.384. The third-order valence-electron chi connectivity index (χ3n) is 4.04. The number of ether oxygens (including phenoxy) is 2.